The first-order valence-corrected chi connectivity index (χ1v) is 11.7. The number of carbonyl (C=O) groups excluding carboxylic acids is 2. The molecule has 0 saturated heterocycles. The van der Waals surface area contributed by atoms with Gasteiger partial charge in [0.2, 0.25) is 0 Å². The van der Waals surface area contributed by atoms with Crippen molar-refractivity contribution in [2.45, 2.75) is 116 Å². The van der Waals surface area contributed by atoms with Gasteiger partial charge in [0.05, 0.1) is 12.8 Å². The molecule has 0 aliphatic heterocycles. The van der Waals surface area contributed by atoms with Crippen molar-refractivity contribution in [1.29, 1.82) is 0 Å². The number of unbranched alkanes of at least 4 members (excludes halogenated alkanes) is 10. The number of allylic oxidation sites excluding steroid dienone is 2. The molecular weight excluding hydrogens is 380 g/mol. The van der Waals surface area contributed by atoms with E-state index in [-0.39, 0.29) is 12.8 Å². The van der Waals surface area contributed by atoms with Crippen LogP contribution in [0.1, 0.15) is 104 Å². The molecule has 0 radical (unpaired) electrons. The number of ether oxygens (including phenoxy) is 2. The maximum absolute atomic E-state index is 11.8. The molecule has 0 saturated carbocycles. The third-order valence-corrected chi connectivity index (χ3v) is 4.67. The van der Waals surface area contributed by atoms with E-state index in [1.165, 1.54) is 51.4 Å². The van der Waals surface area contributed by atoms with Gasteiger partial charge in [-0.1, -0.05) is 77.4 Å². The molecule has 0 fully saturated rings. The Morgan fingerprint density at radius 2 is 1.03 bits per heavy atom. The molecule has 2 atom stereocenters. The van der Waals surface area contributed by atoms with Gasteiger partial charge in [0.1, 0.15) is 0 Å². The van der Waals surface area contributed by atoms with E-state index >= 15 is 0 Å². The van der Waals surface area contributed by atoms with Crippen molar-refractivity contribution in [3.05, 3.63) is 24.3 Å². The molecule has 0 aromatic heterocycles. The predicted molar refractivity (Wildman–Crippen MR) is 122 cm³/mol. The van der Waals surface area contributed by atoms with Crippen molar-refractivity contribution in [3.63, 3.8) is 0 Å². The first-order valence-electron chi connectivity index (χ1n) is 11.7. The SMILES string of the molecule is CCCCCCCC=CC(N)OC(=O)CCC(=O)OC(N)C=CCCCCCCC. The first-order chi connectivity index (χ1) is 14.5. The van der Waals surface area contributed by atoms with Gasteiger partial charge in [0, 0.05) is 0 Å². The fraction of sp³-hybridized carbons (Fsp3) is 0.750. The summed E-state index contributed by atoms with van der Waals surface area (Å²) in [6.07, 6.45) is 19.5. The number of carbonyl (C=O) groups is 2. The number of hydrogen-bond donors (Lipinski definition) is 2. The summed E-state index contributed by atoms with van der Waals surface area (Å²) in [5, 5.41) is 0. The molecule has 0 heterocycles. The van der Waals surface area contributed by atoms with Crippen LogP contribution in [0.5, 0.6) is 0 Å². The standard InChI is InChI=1S/C24H44N2O4/c1-3-5-7-9-11-13-15-17-21(25)29-23(27)19-20-24(28)30-22(26)18-16-14-12-10-8-6-4-2/h15-18,21-22H,3-14,19-20,25-26H2,1-2H3. The molecule has 0 aromatic rings. The van der Waals surface area contributed by atoms with E-state index in [0.717, 1.165) is 25.7 Å². The maximum atomic E-state index is 11.8. The summed E-state index contributed by atoms with van der Waals surface area (Å²) in [6, 6.07) is 0. The summed E-state index contributed by atoms with van der Waals surface area (Å²) in [5.74, 6) is -1.05. The van der Waals surface area contributed by atoms with Crippen LogP contribution in [-0.4, -0.2) is 24.4 Å². The minimum atomic E-state index is -0.785. The van der Waals surface area contributed by atoms with Gasteiger partial charge in [0.25, 0.3) is 0 Å². The molecule has 174 valence electrons. The summed E-state index contributed by atoms with van der Waals surface area (Å²) in [7, 11) is 0. The van der Waals surface area contributed by atoms with Crippen molar-refractivity contribution in [2.75, 3.05) is 0 Å². The smallest absolute Gasteiger partial charge is 0.308 e. The zero-order valence-electron chi connectivity index (χ0n) is 19.2. The molecular formula is C24H44N2O4. The van der Waals surface area contributed by atoms with Gasteiger partial charge in [0.15, 0.2) is 12.5 Å². The molecule has 4 N–H and O–H groups in total. The van der Waals surface area contributed by atoms with Crippen LogP contribution in [0, 0.1) is 0 Å². The largest absolute Gasteiger partial charge is 0.443 e. The van der Waals surface area contributed by atoms with Crippen LogP contribution >= 0.6 is 0 Å². The van der Waals surface area contributed by atoms with E-state index in [9.17, 15) is 9.59 Å². The molecule has 0 spiro atoms. The van der Waals surface area contributed by atoms with Crippen LogP contribution in [0.25, 0.3) is 0 Å². The van der Waals surface area contributed by atoms with Crippen LogP contribution in [-0.2, 0) is 19.1 Å². The van der Waals surface area contributed by atoms with Crippen LogP contribution in [0.4, 0.5) is 0 Å². The van der Waals surface area contributed by atoms with Gasteiger partial charge < -0.3 is 9.47 Å². The van der Waals surface area contributed by atoms with Gasteiger partial charge in [-0.05, 0) is 37.8 Å². The Hall–Kier alpha value is -1.66. The van der Waals surface area contributed by atoms with Gasteiger partial charge in [-0.25, -0.2) is 0 Å². The lowest BCUT2D eigenvalue weighted by molar-refractivity contribution is -0.153. The Bertz CT molecular complexity index is 448. The Morgan fingerprint density at radius 1 is 0.667 bits per heavy atom. The molecule has 0 amide bonds. The Labute approximate surface area is 183 Å². The molecule has 0 aliphatic rings. The summed E-state index contributed by atoms with van der Waals surface area (Å²) < 4.78 is 10.1. The quantitative estimate of drug-likeness (QED) is 0.127. The van der Waals surface area contributed by atoms with E-state index in [1.807, 2.05) is 12.2 Å². The molecule has 0 bridgehead atoms. The van der Waals surface area contributed by atoms with Gasteiger partial charge in [-0.3, -0.25) is 21.1 Å². The van der Waals surface area contributed by atoms with Crippen LogP contribution < -0.4 is 11.5 Å². The molecule has 30 heavy (non-hydrogen) atoms. The van der Waals surface area contributed by atoms with Crippen molar-refractivity contribution < 1.29 is 19.1 Å². The Balaban J connectivity index is 3.81. The number of nitrogens with two attached hydrogens (primary N) is 2. The second-order valence-corrected chi connectivity index (χ2v) is 7.67. The zero-order valence-corrected chi connectivity index (χ0v) is 19.2. The van der Waals surface area contributed by atoms with Crippen molar-refractivity contribution in [2.24, 2.45) is 11.5 Å². The van der Waals surface area contributed by atoms with Gasteiger partial charge >= 0.3 is 11.9 Å². The number of esters is 2. The van der Waals surface area contributed by atoms with Crippen molar-refractivity contribution in [3.8, 4) is 0 Å². The summed E-state index contributed by atoms with van der Waals surface area (Å²) in [5.41, 5.74) is 11.5. The lowest BCUT2D eigenvalue weighted by Crippen LogP contribution is -2.27. The van der Waals surface area contributed by atoms with E-state index in [1.54, 1.807) is 12.2 Å². The number of hydrogen-bond acceptors (Lipinski definition) is 6. The van der Waals surface area contributed by atoms with E-state index in [2.05, 4.69) is 13.8 Å². The van der Waals surface area contributed by atoms with Crippen LogP contribution in [0.3, 0.4) is 0 Å². The Morgan fingerprint density at radius 3 is 1.40 bits per heavy atom. The lowest BCUT2D eigenvalue weighted by Gasteiger charge is -2.11. The second-order valence-electron chi connectivity index (χ2n) is 7.67. The molecule has 2 unspecified atom stereocenters. The van der Waals surface area contributed by atoms with E-state index in [4.69, 9.17) is 20.9 Å². The highest BCUT2D eigenvalue weighted by Crippen LogP contribution is 2.07. The summed E-state index contributed by atoms with van der Waals surface area (Å²) in [6.45, 7) is 4.38. The highest BCUT2D eigenvalue weighted by molar-refractivity contribution is 5.77. The molecule has 0 aliphatic carbocycles. The van der Waals surface area contributed by atoms with Crippen molar-refractivity contribution >= 4 is 11.9 Å². The molecule has 0 aromatic carbocycles. The normalized spacial score (nSPS) is 13.6. The second kappa shape index (κ2) is 20.6. The molecule has 0 rings (SSSR count). The van der Waals surface area contributed by atoms with E-state index < -0.39 is 24.4 Å². The monoisotopic (exact) mass is 424 g/mol. The highest BCUT2D eigenvalue weighted by Gasteiger charge is 2.13. The van der Waals surface area contributed by atoms with Gasteiger partial charge in [-0.15, -0.1) is 0 Å². The first kappa shape index (κ1) is 28.3. The highest BCUT2D eigenvalue weighted by atomic mass is 16.6. The third kappa shape index (κ3) is 19.6. The van der Waals surface area contributed by atoms with Gasteiger partial charge in [-0.2, -0.15) is 0 Å². The lowest BCUT2D eigenvalue weighted by atomic mass is 10.1. The fourth-order valence-electron chi connectivity index (χ4n) is 2.90. The topological polar surface area (TPSA) is 105 Å². The average molecular weight is 425 g/mol. The minimum absolute atomic E-state index is 0.0781. The maximum Gasteiger partial charge on any atom is 0.308 e. The minimum Gasteiger partial charge on any atom is -0.443 e. The summed E-state index contributed by atoms with van der Waals surface area (Å²) >= 11 is 0. The third-order valence-electron chi connectivity index (χ3n) is 4.67. The summed E-state index contributed by atoms with van der Waals surface area (Å²) in [4.78, 5) is 23.6. The Kier molecular flexibility index (Phi) is 19.5. The van der Waals surface area contributed by atoms with Crippen LogP contribution in [0.15, 0.2) is 24.3 Å². The zero-order chi connectivity index (χ0) is 22.5. The molecule has 6 heteroatoms. The predicted octanol–water partition coefficient (Wildman–Crippen LogP) is 5.26. The fourth-order valence-corrected chi connectivity index (χ4v) is 2.90. The average Bonchev–Trinajstić information content (AvgIpc) is 2.71. The molecule has 6 nitrogen and oxygen atoms in total. The van der Waals surface area contributed by atoms with Crippen LogP contribution in [0.2, 0.25) is 0 Å². The number of rotatable bonds is 19. The van der Waals surface area contributed by atoms with E-state index in [0.29, 0.717) is 0 Å². The van der Waals surface area contributed by atoms with Crippen molar-refractivity contribution in [1.82, 2.24) is 0 Å².